The zero-order chi connectivity index (χ0) is 12.0. The summed E-state index contributed by atoms with van der Waals surface area (Å²) in [5, 5.41) is 7.89. The number of hydrogen-bond donors (Lipinski definition) is 1. The monoisotopic (exact) mass is 232 g/mol. The molecule has 1 fully saturated rings. The standard InChI is InChI=1S/C12H13FN4/c1-7-4-9(13)6-10(5-7)17-11(8-2-3-8)12(14)15-16-17/h4-6,8H,2-3,14H2,1H3. The Kier molecular flexibility index (Phi) is 2.14. The maximum Gasteiger partial charge on any atom is 0.169 e. The first-order chi connectivity index (χ1) is 8.15. The van der Waals surface area contributed by atoms with Gasteiger partial charge >= 0.3 is 0 Å². The molecule has 0 atom stereocenters. The van der Waals surface area contributed by atoms with Gasteiger partial charge in [-0.05, 0) is 43.5 Å². The van der Waals surface area contributed by atoms with Gasteiger partial charge in [0.25, 0.3) is 0 Å². The maximum absolute atomic E-state index is 13.4. The van der Waals surface area contributed by atoms with Gasteiger partial charge in [0, 0.05) is 5.92 Å². The molecule has 0 spiro atoms. The van der Waals surface area contributed by atoms with Crippen molar-refractivity contribution in [3.8, 4) is 5.69 Å². The van der Waals surface area contributed by atoms with Crippen LogP contribution < -0.4 is 5.73 Å². The lowest BCUT2D eigenvalue weighted by molar-refractivity contribution is 0.622. The summed E-state index contributed by atoms with van der Waals surface area (Å²) in [6.45, 7) is 1.85. The van der Waals surface area contributed by atoms with Crippen LogP contribution in [-0.2, 0) is 0 Å². The first-order valence-corrected chi connectivity index (χ1v) is 5.64. The highest BCUT2D eigenvalue weighted by molar-refractivity contribution is 5.45. The third-order valence-electron chi connectivity index (χ3n) is 2.97. The molecule has 3 rings (SSSR count). The zero-order valence-electron chi connectivity index (χ0n) is 9.52. The van der Waals surface area contributed by atoms with Gasteiger partial charge in [0.1, 0.15) is 5.82 Å². The van der Waals surface area contributed by atoms with E-state index in [1.54, 1.807) is 4.68 Å². The summed E-state index contributed by atoms with van der Waals surface area (Å²) in [7, 11) is 0. The van der Waals surface area contributed by atoms with Crippen LogP contribution in [0.1, 0.15) is 30.0 Å². The number of benzene rings is 1. The Morgan fingerprint density at radius 2 is 2.12 bits per heavy atom. The molecule has 1 aliphatic carbocycles. The van der Waals surface area contributed by atoms with E-state index < -0.39 is 0 Å². The molecule has 5 heteroatoms. The summed E-state index contributed by atoms with van der Waals surface area (Å²) >= 11 is 0. The van der Waals surface area contributed by atoms with E-state index >= 15 is 0 Å². The summed E-state index contributed by atoms with van der Waals surface area (Å²) in [6, 6.07) is 4.82. The van der Waals surface area contributed by atoms with Gasteiger partial charge in [0.2, 0.25) is 0 Å². The topological polar surface area (TPSA) is 56.7 Å². The molecular formula is C12H13FN4. The average molecular weight is 232 g/mol. The van der Waals surface area contributed by atoms with Gasteiger partial charge in [-0.25, -0.2) is 9.07 Å². The lowest BCUT2D eigenvalue weighted by atomic mass is 10.2. The first-order valence-electron chi connectivity index (χ1n) is 5.64. The van der Waals surface area contributed by atoms with Crippen LogP contribution in [0.4, 0.5) is 10.2 Å². The van der Waals surface area contributed by atoms with Crippen molar-refractivity contribution in [3.63, 3.8) is 0 Å². The van der Waals surface area contributed by atoms with Crippen molar-refractivity contribution in [2.24, 2.45) is 0 Å². The van der Waals surface area contributed by atoms with Gasteiger partial charge in [-0.2, -0.15) is 0 Å². The fraction of sp³-hybridized carbons (Fsp3) is 0.333. The first kappa shape index (κ1) is 10.3. The highest BCUT2D eigenvalue weighted by Gasteiger charge is 2.31. The molecule has 1 aromatic carbocycles. The minimum atomic E-state index is -0.268. The van der Waals surface area contributed by atoms with Crippen LogP contribution in [0.25, 0.3) is 5.69 Å². The fourth-order valence-corrected chi connectivity index (χ4v) is 2.07. The Hall–Kier alpha value is -1.91. The van der Waals surface area contributed by atoms with Crippen molar-refractivity contribution in [2.45, 2.75) is 25.7 Å². The summed E-state index contributed by atoms with van der Waals surface area (Å²) in [6.07, 6.45) is 2.21. The average Bonchev–Trinajstić information content (AvgIpc) is 3.01. The summed E-state index contributed by atoms with van der Waals surface area (Å²) in [5.74, 6) is 0.610. The van der Waals surface area contributed by atoms with Crippen LogP contribution in [0.2, 0.25) is 0 Å². The van der Waals surface area contributed by atoms with Crippen LogP contribution >= 0.6 is 0 Å². The van der Waals surface area contributed by atoms with Gasteiger partial charge in [-0.1, -0.05) is 5.21 Å². The lowest BCUT2D eigenvalue weighted by Gasteiger charge is -2.06. The molecule has 1 aromatic heterocycles. The van der Waals surface area contributed by atoms with Crippen LogP contribution in [0.3, 0.4) is 0 Å². The van der Waals surface area contributed by atoms with Crippen molar-refractivity contribution < 1.29 is 4.39 Å². The molecule has 1 aliphatic rings. The van der Waals surface area contributed by atoms with Gasteiger partial charge in [-0.15, -0.1) is 5.10 Å². The third kappa shape index (κ3) is 1.77. The molecular weight excluding hydrogens is 219 g/mol. The van der Waals surface area contributed by atoms with Crippen LogP contribution in [0, 0.1) is 12.7 Å². The highest BCUT2D eigenvalue weighted by atomic mass is 19.1. The predicted octanol–water partition coefficient (Wildman–Crippen LogP) is 2.17. The Morgan fingerprint density at radius 1 is 1.35 bits per heavy atom. The molecule has 2 aromatic rings. The van der Waals surface area contributed by atoms with E-state index in [4.69, 9.17) is 5.73 Å². The molecule has 0 bridgehead atoms. The van der Waals surface area contributed by atoms with E-state index in [0.717, 1.165) is 24.1 Å². The maximum atomic E-state index is 13.4. The number of nitrogens with two attached hydrogens (primary N) is 1. The molecule has 1 saturated carbocycles. The molecule has 4 nitrogen and oxygen atoms in total. The molecule has 0 amide bonds. The van der Waals surface area contributed by atoms with Gasteiger partial charge in [0.15, 0.2) is 5.82 Å². The quantitative estimate of drug-likeness (QED) is 0.863. The Labute approximate surface area is 98.2 Å². The van der Waals surface area contributed by atoms with Gasteiger partial charge < -0.3 is 5.73 Å². The summed E-state index contributed by atoms with van der Waals surface area (Å²) < 4.78 is 15.0. The number of nitrogens with zero attached hydrogens (tertiary/aromatic N) is 3. The Morgan fingerprint density at radius 3 is 2.76 bits per heavy atom. The van der Waals surface area contributed by atoms with Crippen LogP contribution in [0.15, 0.2) is 18.2 Å². The molecule has 88 valence electrons. The van der Waals surface area contributed by atoms with Gasteiger partial charge in [0.05, 0.1) is 11.4 Å². The molecule has 1 heterocycles. The molecule has 0 saturated heterocycles. The van der Waals surface area contributed by atoms with Crippen LogP contribution in [0.5, 0.6) is 0 Å². The van der Waals surface area contributed by atoms with Crippen molar-refractivity contribution in [1.29, 1.82) is 0 Å². The number of anilines is 1. The Balaban J connectivity index is 2.14. The van der Waals surface area contributed by atoms with Gasteiger partial charge in [-0.3, -0.25) is 0 Å². The normalized spacial score (nSPS) is 15.2. The number of halogens is 1. The smallest absolute Gasteiger partial charge is 0.169 e. The van der Waals surface area contributed by atoms with Crippen molar-refractivity contribution in [1.82, 2.24) is 15.0 Å². The minimum Gasteiger partial charge on any atom is -0.381 e. The predicted molar refractivity (Wildman–Crippen MR) is 62.4 cm³/mol. The van der Waals surface area contributed by atoms with E-state index in [0.29, 0.717) is 17.4 Å². The molecule has 17 heavy (non-hydrogen) atoms. The summed E-state index contributed by atoms with van der Waals surface area (Å²) in [4.78, 5) is 0. The lowest BCUT2D eigenvalue weighted by Crippen LogP contribution is -2.03. The van der Waals surface area contributed by atoms with Crippen molar-refractivity contribution in [3.05, 3.63) is 35.3 Å². The third-order valence-corrected chi connectivity index (χ3v) is 2.97. The Bertz CT molecular complexity index is 552. The molecule has 0 unspecified atom stereocenters. The molecule has 2 N–H and O–H groups in total. The van der Waals surface area contributed by atoms with E-state index in [1.807, 2.05) is 13.0 Å². The van der Waals surface area contributed by atoms with E-state index in [-0.39, 0.29) is 5.82 Å². The second-order valence-corrected chi connectivity index (χ2v) is 4.53. The zero-order valence-corrected chi connectivity index (χ0v) is 9.52. The molecule has 0 aliphatic heterocycles. The second-order valence-electron chi connectivity index (χ2n) is 4.53. The second kappa shape index (κ2) is 3.55. The fourth-order valence-electron chi connectivity index (χ4n) is 2.07. The van der Waals surface area contributed by atoms with E-state index in [9.17, 15) is 4.39 Å². The van der Waals surface area contributed by atoms with Crippen LogP contribution in [-0.4, -0.2) is 15.0 Å². The molecule has 0 radical (unpaired) electrons. The number of nitrogen functional groups attached to an aromatic ring is 1. The SMILES string of the molecule is Cc1cc(F)cc(-n2nnc(N)c2C2CC2)c1. The number of hydrogen-bond acceptors (Lipinski definition) is 3. The number of rotatable bonds is 2. The van der Waals surface area contributed by atoms with E-state index in [2.05, 4.69) is 10.3 Å². The highest BCUT2D eigenvalue weighted by Crippen LogP contribution is 2.42. The summed E-state index contributed by atoms with van der Waals surface area (Å²) in [5.41, 5.74) is 8.27. The van der Waals surface area contributed by atoms with Crippen molar-refractivity contribution >= 4 is 5.82 Å². The van der Waals surface area contributed by atoms with E-state index in [1.165, 1.54) is 12.1 Å². The minimum absolute atomic E-state index is 0.268. The largest absolute Gasteiger partial charge is 0.381 e. The number of aromatic nitrogens is 3. The van der Waals surface area contributed by atoms with Crippen molar-refractivity contribution in [2.75, 3.05) is 5.73 Å². The number of aryl methyl sites for hydroxylation is 1.